The van der Waals surface area contributed by atoms with Gasteiger partial charge in [-0.25, -0.2) is 0 Å². The summed E-state index contributed by atoms with van der Waals surface area (Å²) in [7, 11) is 3.64. The fraction of sp³-hybridized carbons (Fsp3) is 0.438. The second-order valence-electron chi connectivity index (χ2n) is 4.92. The third-order valence-electron chi connectivity index (χ3n) is 3.47. The molecule has 0 saturated heterocycles. The van der Waals surface area contributed by atoms with Gasteiger partial charge in [0.05, 0.1) is 12.8 Å². The molecule has 2 rings (SSSR count). The van der Waals surface area contributed by atoms with Gasteiger partial charge in [0.2, 0.25) is 0 Å². The van der Waals surface area contributed by atoms with Crippen molar-refractivity contribution in [2.75, 3.05) is 13.7 Å². The first kappa shape index (κ1) is 14.6. The van der Waals surface area contributed by atoms with Crippen LogP contribution in [0, 0.1) is 0 Å². The van der Waals surface area contributed by atoms with Crippen LogP contribution in [-0.4, -0.2) is 23.4 Å². The molecule has 2 aromatic rings. The van der Waals surface area contributed by atoms with Gasteiger partial charge >= 0.3 is 0 Å². The molecule has 0 amide bonds. The second-order valence-corrected chi connectivity index (χ2v) is 4.92. The van der Waals surface area contributed by atoms with Crippen LogP contribution in [0.4, 0.5) is 0 Å². The number of benzene rings is 1. The summed E-state index contributed by atoms with van der Waals surface area (Å²) in [5.41, 5.74) is 2.43. The molecule has 0 bridgehead atoms. The highest BCUT2D eigenvalue weighted by molar-refractivity contribution is 5.29. The molecule has 1 aromatic carbocycles. The molecule has 0 aliphatic rings. The third kappa shape index (κ3) is 3.84. The van der Waals surface area contributed by atoms with E-state index in [1.807, 2.05) is 30.1 Å². The van der Waals surface area contributed by atoms with Crippen LogP contribution in [0.1, 0.15) is 30.6 Å². The van der Waals surface area contributed by atoms with Crippen LogP contribution in [0.2, 0.25) is 0 Å². The Labute approximate surface area is 120 Å². The summed E-state index contributed by atoms with van der Waals surface area (Å²) in [5.74, 6) is 0.900. The Bertz CT molecular complexity index is 519. The molecule has 1 unspecified atom stereocenters. The number of aryl methyl sites for hydroxylation is 1. The molecule has 0 saturated carbocycles. The lowest BCUT2D eigenvalue weighted by Gasteiger charge is -2.17. The van der Waals surface area contributed by atoms with Crippen molar-refractivity contribution < 1.29 is 4.74 Å². The van der Waals surface area contributed by atoms with Crippen molar-refractivity contribution in [3.63, 3.8) is 0 Å². The van der Waals surface area contributed by atoms with Crippen LogP contribution in [-0.2, 0) is 13.5 Å². The molecular weight excluding hydrogens is 250 g/mol. The van der Waals surface area contributed by atoms with Gasteiger partial charge in [-0.15, -0.1) is 0 Å². The summed E-state index contributed by atoms with van der Waals surface area (Å²) in [5, 5.41) is 7.98. The van der Waals surface area contributed by atoms with Gasteiger partial charge in [-0.1, -0.05) is 19.1 Å². The van der Waals surface area contributed by atoms with Crippen LogP contribution in [0.5, 0.6) is 5.75 Å². The number of aromatic nitrogens is 2. The van der Waals surface area contributed by atoms with Crippen molar-refractivity contribution in [1.82, 2.24) is 15.1 Å². The van der Waals surface area contributed by atoms with Gasteiger partial charge in [0.1, 0.15) is 5.75 Å². The Morgan fingerprint density at radius 2 is 2.00 bits per heavy atom. The molecule has 20 heavy (non-hydrogen) atoms. The summed E-state index contributed by atoms with van der Waals surface area (Å²) in [4.78, 5) is 0. The molecule has 1 aromatic heterocycles. The smallest absolute Gasteiger partial charge is 0.118 e. The lowest BCUT2D eigenvalue weighted by molar-refractivity contribution is 0.414. The van der Waals surface area contributed by atoms with E-state index in [0.717, 1.165) is 30.8 Å². The molecular formula is C16H23N3O. The zero-order valence-electron chi connectivity index (χ0n) is 12.5. The molecule has 4 nitrogen and oxygen atoms in total. The first-order chi connectivity index (χ1) is 9.72. The number of nitrogens with zero attached hydrogens (tertiary/aromatic N) is 2. The molecule has 0 spiro atoms. The lowest BCUT2D eigenvalue weighted by Crippen LogP contribution is -2.23. The largest absolute Gasteiger partial charge is 0.497 e. The molecule has 0 fully saturated rings. The monoisotopic (exact) mass is 273 g/mol. The Kier molecular flexibility index (Phi) is 5.18. The number of methoxy groups -OCH3 is 1. The van der Waals surface area contributed by atoms with E-state index in [4.69, 9.17) is 4.74 Å². The van der Waals surface area contributed by atoms with E-state index in [0.29, 0.717) is 6.04 Å². The highest BCUT2D eigenvalue weighted by Crippen LogP contribution is 2.19. The lowest BCUT2D eigenvalue weighted by atomic mass is 10.0. The maximum atomic E-state index is 5.19. The summed E-state index contributed by atoms with van der Waals surface area (Å²) in [6.45, 7) is 3.13. The van der Waals surface area contributed by atoms with Crippen LogP contribution < -0.4 is 10.1 Å². The Morgan fingerprint density at radius 3 is 2.55 bits per heavy atom. The van der Waals surface area contributed by atoms with E-state index in [2.05, 4.69) is 35.5 Å². The van der Waals surface area contributed by atoms with Crippen LogP contribution in [0.3, 0.4) is 0 Å². The maximum Gasteiger partial charge on any atom is 0.118 e. The highest BCUT2D eigenvalue weighted by atomic mass is 16.5. The first-order valence-corrected chi connectivity index (χ1v) is 7.08. The molecule has 0 aliphatic heterocycles. The zero-order valence-corrected chi connectivity index (χ0v) is 12.5. The normalized spacial score (nSPS) is 12.3. The van der Waals surface area contributed by atoms with Crippen LogP contribution in [0.25, 0.3) is 0 Å². The van der Waals surface area contributed by atoms with E-state index in [1.165, 1.54) is 5.56 Å². The number of hydrogen-bond acceptors (Lipinski definition) is 3. The average Bonchev–Trinajstić information content (AvgIpc) is 2.89. The minimum absolute atomic E-state index is 0.379. The molecule has 0 radical (unpaired) electrons. The minimum Gasteiger partial charge on any atom is -0.497 e. The van der Waals surface area contributed by atoms with Gasteiger partial charge in [-0.3, -0.25) is 4.68 Å². The van der Waals surface area contributed by atoms with Crippen molar-refractivity contribution >= 4 is 0 Å². The van der Waals surface area contributed by atoms with Gasteiger partial charge < -0.3 is 10.1 Å². The highest BCUT2D eigenvalue weighted by Gasteiger charge is 2.08. The number of hydrogen-bond donors (Lipinski definition) is 1. The number of rotatable bonds is 7. The Morgan fingerprint density at radius 1 is 1.25 bits per heavy atom. The summed E-state index contributed by atoms with van der Waals surface area (Å²) in [6.07, 6.45) is 4.00. The average molecular weight is 273 g/mol. The Balaban J connectivity index is 1.88. The predicted molar refractivity (Wildman–Crippen MR) is 80.9 cm³/mol. The van der Waals surface area contributed by atoms with E-state index in [9.17, 15) is 0 Å². The fourth-order valence-corrected chi connectivity index (χ4v) is 2.31. The first-order valence-electron chi connectivity index (χ1n) is 7.08. The fourth-order valence-electron chi connectivity index (χ4n) is 2.31. The van der Waals surface area contributed by atoms with Gasteiger partial charge in [0.15, 0.2) is 0 Å². The van der Waals surface area contributed by atoms with Crippen LogP contribution in [0.15, 0.2) is 36.5 Å². The predicted octanol–water partition coefficient (Wildman–Crippen LogP) is 2.71. The molecule has 1 atom stereocenters. The van der Waals surface area contributed by atoms with E-state index in [-0.39, 0.29) is 0 Å². The van der Waals surface area contributed by atoms with Crippen molar-refractivity contribution in [2.45, 2.75) is 25.8 Å². The van der Waals surface area contributed by atoms with Gasteiger partial charge in [-0.2, -0.15) is 5.10 Å². The summed E-state index contributed by atoms with van der Waals surface area (Å²) >= 11 is 0. The Hall–Kier alpha value is -1.81. The van der Waals surface area contributed by atoms with E-state index in [1.54, 1.807) is 7.11 Å². The van der Waals surface area contributed by atoms with Crippen molar-refractivity contribution in [2.24, 2.45) is 7.05 Å². The van der Waals surface area contributed by atoms with Gasteiger partial charge in [-0.05, 0) is 30.2 Å². The number of ether oxygens (including phenoxy) is 1. The topological polar surface area (TPSA) is 39.1 Å². The van der Waals surface area contributed by atoms with Crippen LogP contribution >= 0.6 is 0 Å². The molecule has 1 heterocycles. The summed E-state index contributed by atoms with van der Waals surface area (Å²) in [6, 6.07) is 10.7. The molecule has 0 aliphatic carbocycles. The maximum absolute atomic E-state index is 5.19. The molecule has 4 heteroatoms. The van der Waals surface area contributed by atoms with Gasteiger partial charge in [0.25, 0.3) is 0 Å². The standard InChI is InChI=1S/C16H23N3O/c1-4-16(13-5-7-15(20-3)8-6-13)17-11-9-14-10-12-19(2)18-14/h5-8,10,12,16-17H,4,9,11H2,1-3H3. The second kappa shape index (κ2) is 7.10. The van der Waals surface area contributed by atoms with Gasteiger partial charge in [0, 0.05) is 32.3 Å². The SMILES string of the molecule is CCC(NCCc1ccn(C)n1)c1ccc(OC)cc1. The van der Waals surface area contributed by atoms with Crippen molar-refractivity contribution in [3.05, 3.63) is 47.8 Å². The molecule has 108 valence electrons. The minimum atomic E-state index is 0.379. The van der Waals surface area contributed by atoms with E-state index < -0.39 is 0 Å². The third-order valence-corrected chi connectivity index (χ3v) is 3.47. The van der Waals surface area contributed by atoms with Crippen molar-refractivity contribution in [3.8, 4) is 5.75 Å². The zero-order chi connectivity index (χ0) is 14.4. The van der Waals surface area contributed by atoms with Crippen molar-refractivity contribution in [1.29, 1.82) is 0 Å². The number of nitrogens with one attached hydrogen (secondary N) is 1. The molecule has 1 N–H and O–H groups in total. The van der Waals surface area contributed by atoms with E-state index >= 15 is 0 Å². The quantitative estimate of drug-likeness (QED) is 0.843. The summed E-state index contributed by atoms with van der Waals surface area (Å²) < 4.78 is 7.04.